The van der Waals surface area contributed by atoms with E-state index in [1.807, 2.05) is 65.0 Å². The molecule has 0 aliphatic rings. The van der Waals surface area contributed by atoms with Crippen LogP contribution >= 0.6 is 11.8 Å². The van der Waals surface area contributed by atoms with Crippen molar-refractivity contribution in [1.29, 1.82) is 0 Å². The van der Waals surface area contributed by atoms with E-state index in [4.69, 9.17) is 0 Å². The standard InChI is InChI=1S/C15H18S.2C2H6/c1-6-9-13(4)11-12-14(5)16-15(8-3)10-7-2;2*1-2/h6-12H,2-5H2,1H3;2*1-2H3/b9-6+,12-11-,15-10+;;. The predicted octanol–water partition coefficient (Wildman–Crippen LogP) is 7.23. The molecule has 1 heteroatoms. The molecular formula is C19H30S. The summed E-state index contributed by atoms with van der Waals surface area (Å²) < 4.78 is 0. The van der Waals surface area contributed by atoms with Crippen molar-refractivity contribution < 1.29 is 0 Å². The second-order valence-electron chi connectivity index (χ2n) is 2.99. The minimum Gasteiger partial charge on any atom is -0.0990 e. The summed E-state index contributed by atoms with van der Waals surface area (Å²) in [4.78, 5) is 1.97. The van der Waals surface area contributed by atoms with Gasteiger partial charge in [-0.15, -0.1) is 0 Å². The topological polar surface area (TPSA) is 0 Å². The van der Waals surface area contributed by atoms with E-state index in [0.29, 0.717) is 0 Å². The Balaban J connectivity index is -0.000000656. The Morgan fingerprint density at radius 2 is 1.45 bits per heavy atom. The Labute approximate surface area is 131 Å². The van der Waals surface area contributed by atoms with Gasteiger partial charge in [0.1, 0.15) is 0 Å². The second-order valence-corrected chi connectivity index (χ2v) is 4.19. The highest BCUT2D eigenvalue weighted by Crippen LogP contribution is 2.25. The van der Waals surface area contributed by atoms with E-state index in [1.165, 1.54) is 0 Å². The van der Waals surface area contributed by atoms with Crippen molar-refractivity contribution in [3.05, 3.63) is 84.2 Å². The average molecular weight is 291 g/mol. The molecule has 0 aliphatic carbocycles. The van der Waals surface area contributed by atoms with Crippen molar-refractivity contribution in [2.45, 2.75) is 34.6 Å². The Morgan fingerprint density at radius 3 is 1.85 bits per heavy atom. The molecule has 0 aromatic heterocycles. The van der Waals surface area contributed by atoms with E-state index in [9.17, 15) is 0 Å². The predicted molar refractivity (Wildman–Crippen MR) is 101 cm³/mol. The zero-order valence-electron chi connectivity index (χ0n) is 13.8. The molecule has 0 nitrogen and oxygen atoms in total. The van der Waals surface area contributed by atoms with Gasteiger partial charge in [-0.1, -0.05) is 96.2 Å². The molecule has 0 saturated carbocycles. The van der Waals surface area contributed by atoms with Gasteiger partial charge in [0.15, 0.2) is 0 Å². The Kier molecular flexibility index (Phi) is 23.4. The first-order chi connectivity index (χ1) is 9.63. The van der Waals surface area contributed by atoms with Crippen LogP contribution in [0, 0.1) is 0 Å². The smallest absolute Gasteiger partial charge is 0.0116 e. The third-order valence-corrected chi connectivity index (χ3v) is 2.53. The van der Waals surface area contributed by atoms with Gasteiger partial charge in [0, 0.05) is 9.81 Å². The van der Waals surface area contributed by atoms with Crippen LogP contribution in [0.15, 0.2) is 84.2 Å². The Morgan fingerprint density at radius 1 is 0.900 bits per heavy atom. The highest BCUT2D eigenvalue weighted by molar-refractivity contribution is 8.07. The Bertz CT molecular complexity index is 365. The summed E-state index contributed by atoms with van der Waals surface area (Å²) in [5.74, 6) is 0. The molecule has 20 heavy (non-hydrogen) atoms. The molecule has 0 N–H and O–H groups in total. The van der Waals surface area contributed by atoms with Gasteiger partial charge in [-0.05, 0) is 24.6 Å². The number of allylic oxidation sites excluding steroid dienone is 8. The van der Waals surface area contributed by atoms with Gasteiger partial charge in [0.25, 0.3) is 0 Å². The lowest BCUT2D eigenvalue weighted by Gasteiger charge is -2.00. The highest BCUT2D eigenvalue weighted by atomic mass is 32.2. The summed E-state index contributed by atoms with van der Waals surface area (Å²) in [6.07, 6.45) is 13.2. The first-order valence-corrected chi connectivity index (χ1v) is 7.77. The number of rotatable bonds is 7. The first-order valence-electron chi connectivity index (χ1n) is 6.95. The van der Waals surface area contributed by atoms with Crippen LogP contribution in [0.4, 0.5) is 0 Å². The molecule has 0 amide bonds. The van der Waals surface area contributed by atoms with Gasteiger partial charge in [-0.3, -0.25) is 0 Å². The summed E-state index contributed by atoms with van der Waals surface area (Å²) in [6.45, 7) is 25.2. The third kappa shape index (κ3) is 16.5. The Hall–Kier alpha value is -1.47. The van der Waals surface area contributed by atoms with E-state index >= 15 is 0 Å². The van der Waals surface area contributed by atoms with Crippen molar-refractivity contribution in [3.63, 3.8) is 0 Å². The molecule has 0 unspecified atom stereocenters. The van der Waals surface area contributed by atoms with Crippen LogP contribution < -0.4 is 0 Å². The van der Waals surface area contributed by atoms with Gasteiger partial charge in [-0.2, -0.15) is 0 Å². The van der Waals surface area contributed by atoms with Gasteiger partial charge in [0.05, 0.1) is 0 Å². The van der Waals surface area contributed by atoms with Crippen molar-refractivity contribution in [2.24, 2.45) is 0 Å². The molecule has 0 aromatic rings. The van der Waals surface area contributed by atoms with Gasteiger partial charge in [0.2, 0.25) is 0 Å². The van der Waals surface area contributed by atoms with Crippen molar-refractivity contribution in [3.8, 4) is 0 Å². The fraction of sp³-hybridized carbons (Fsp3) is 0.263. The van der Waals surface area contributed by atoms with Crippen LogP contribution in [0.1, 0.15) is 34.6 Å². The number of hydrogen-bond donors (Lipinski definition) is 0. The van der Waals surface area contributed by atoms with Crippen LogP contribution in [-0.2, 0) is 0 Å². The monoisotopic (exact) mass is 290 g/mol. The molecule has 0 saturated heterocycles. The summed E-state index contributed by atoms with van der Waals surface area (Å²) >= 11 is 1.55. The fourth-order valence-electron chi connectivity index (χ4n) is 0.915. The maximum absolute atomic E-state index is 3.94. The molecule has 0 radical (unpaired) electrons. The van der Waals surface area contributed by atoms with E-state index < -0.39 is 0 Å². The molecule has 112 valence electrons. The molecule has 0 aromatic carbocycles. The zero-order valence-corrected chi connectivity index (χ0v) is 14.6. The van der Waals surface area contributed by atoms with Crippen molar-refractivity contribution >= 4 is 11.8 Å². The lowest BCUT2D eigenvalue weighted by Crippen LogP contribution is -1.72. The quantitative estimate of drug-likeness (QED) is 0.446. The summed E-state index contributed by atoms with van der Waals surface area (Å²) in [6, 6.07) is 0. The number of hydrogen-bond acceptors (Lipinski definition) is 1. The molecule has 0 bridgehead atoms. The van der Waals surface area contributed by atoms with Crippen molar-refractivity contribution in [2.75, 3.05) is 0 Å². The van der Waals surface area contributed by atoms with Crippen LogP contribution in [-0.4, -0.2) is 0 Å². The largest absolute Gasteiger partial charge is 0.0990 e. The first kappa shape index (κ1) is 23.6. The maximum atomic E-state index is 3.94. The lowest BCUT2D eigenvalue weighted by atomic mass is 10.2. The fourth-order valence-corrected chi connectivity index (χ4v) is 1.60. The third-order valence-electron chi connectivity index (χ3n) is 1.60. The summed E-state index contributed by atoms with van der Waals surface area (Å²) in [5.41, 5.74) is 0.956. The molecule has 0 spiro atoms. The highest BCUT2D eigenvalue weighted by Gasteiger charge is 1.93. The average Bonchev–Trinajstić information content (AvgIpc) is 2.49. The summed E-state index contributed by atoms with van der Waals surface area (Å²) in [5, 5.41) is 0. The van der Waals surface area contributed by atoms with E-state index in [-0.39, 0.29) is 0 Å². The van der Waals surface area contributed by atoms with Crippen LogP contribution in [0.5, 0.6) is 0 Å². The molecule has 0 rings (SSSR count). The van der Waals surface area contributed by atoms with Gasteiger partial charge >= 0.3 is 0 Å². The minimum absolute atomic E-state index is 0.943. The molecule has 0 heterocycles. The van der Waals surface area contributed by atoms with Crippen LogP contribution in [0.3, 0.4) is 0 Å². The van der Waals surface area contributed by atoms with Gasteiger partial charge < -0.3 is 0 Å². The van der Waals surface area contributed by atoms with Crippen LogP contribution in [0.2, 0.25) is 0 Å². The molecular weight excluding hydrogens is 260 g/mol. The van der Waals surface area contributed by atoms with E-state index in [0.717, 1.165) is 15.4 Å². The molecule has 0 fully saturated rings. The SMILES string of the molecule is C=C/C=C(\C=C)SC(=C)/C=C\C(=C)/C=C/C.CC.CC. The molecule has 0 atom stereocenters. The van der Waals surface area contributed by atoms with Gasteiger partial charge in [-0.25, -0.2) is 0 Å². The normalized spacial score (nSPS) is 10.2. The van der Waals surface area contributed by atoms with E-state index in [1.54, 1.807) is 23.9 Å². The van der Waals surface area contributed by atoms with Crippen molar-refractivity contribution in [1.82, 2.24) is 0 Å². The zero-order chi connectivity index (χ0) is 16.4. The van der Waals surface area contributed by atoms with Crippen LogP contribution in [0.25, 0.3) is 0 Å². The minimum atomic E-state index is 0.943. The summed E-state index contributed by atoms with van der Waals surface area (Å²) in [7, 11) is 0. The maximum Gasteiger partial charge on any atom is 0.0116 e. The number of thioether (sulfide) groups is 1. The second kappa shape index (κ2) is 19.9. The van der Waals surface area contributed by atoms with E-state index in [2.05, 4.69) is 26.3 Å². The lowest BCUT2D eigenvalue weighted by molar-refractivity contribution is 1.50. The molecule has 0 aliphatic heterocycles.